The summed E-state index contributed by atoms with van der Waals surface area (Å²) in [7, 11) is 1.62. The molecule has 1 aliphatic rings. The lowest BCUT2D eigenvalue weighted by molar-refractivity contribution is 0.0971. The van der Waals surface area contributed by atoms with Gasteiger partial charge in [0.2, 0.25) is 0 Å². The minimum Gasteiger partial charge on any atom is -0.497 e. The summed E-state index contributed by atoms with van der Waals surface area (Å²) < 4.78 is 5.12. The molecule has 0 bridgehead atoms. The van der Waals surface area contributed by atoms with Gasteiger partial charge in [0.25, 0.3) is 0 Å². The van der Waals surface area contributed by atoms with Gasteiger partial charge >= 0.3 is 0 Å². The van der Waals surface area contributed by atoms with Crippen LogP contribution in [-0.4, -0.2) is 18.9 Å². The van der Waals surface area contributed by atoms with Crippen LogP contribution in [0.2, 0.25) is 0 Å². The predicted octanol–water partition coefficient (Wildman–Crippen LogP) is 2.31. The number of benzene rings is 1. The number of hydrogen-bond donors (Lipinski definition) is 1. The van der Waals surface area contributed by atoms with E-state index in [2.05, 4.69) is 0 Å². The van der Waals surface area contributed by atoms with Crippen LogP contribution in [0.25, 0.3) is 0 Å². The Kier molecular flexibility index (Phi) is 3.48. The van der Waals surface area contributed by atoms with Gasteiger partial charge in [0.15, 0.2) is 5.78 Å². The van der Waals surface area contributed by atoms with Gasteiger partial charge in [0.1, 0.15) is 5.75 Å². The van der Waals surface area contributed by atoms with E-state index in [1.54, 1.807) is 7.11 Å². The number of Topliss-reactive ketones (excluding diaryl/α,β-unsaturated/α-hetero) is 1. The molecule has 0 saturated heterocycles. The fraction of sp³-hybridized carbons (Fsp3) is 0.500. The molecule has 17 heavy (non-hydrogen) atoms. The summed E-state index contributed by atoms with van der Waals surface area (Å²) in [4.78, 5) is 12.1. The fourth-order valence-electron chi connectivity index (χ4n) is 2.09. The van der Waals surface area contributed by atoms with Crippen molar-refractivity contribution < 1.29 is 9.53 Å². The zero-order valence-electron chi connectivity index (χ0n) is 10.4. The second-order valence-corrected chi connectivity index (χ2v) is 4.81. The number of carbonyl (C=O) groups is 1. The second-order valence-electron chi connectivity index (χ2n) is 4.81. The van der Waals surface area contributed by atoms with Gasteiger partial charge in [0.05, 0.1) is 7.11 Å². The van der Waals surface area contributed by atoms with Crippen LogP contribution in [-0.2, 0) is 0 Å². The number of carbonyl (C=O) groups excluding carboxylic acids is 1. The molecule has 0 amide bonds. The van der Waals surface area contributed by atoms with E-state index in [0.717, 1.165) is 16.9 Å². The molecule has 2 N–H and O–H groups in total. The van der Waals surface area contributed by atoms with E-state index >= 15 is 0 Å². The maximum absolute atomic E-state index is 12.1. The van der Waals surface area contributed by atoms with Gasteiger partial charge in [-0.15, -0.1) is 0 Å². The van der Waals surface area contributed by atoms with Crippen molar-refractivity contribution in [1.29, 1.82) is 0 Å². The molecule has 2 rings (SSSR count). The lowest BCUT2D eigenvalue weighted by atomic mass is 9.98. The molecule has 1 aromatic carbocycles. The van der Waals surface area contributed by atoms with E-state index in [1.807, 2.05) is 25.1 Å². The summed E-state index contributed by atoms with van der Waals surface area (Å²) in [6.45, 7) is 1.93. The number of methoxy groups -OCH3 is 1. The highest BCUT2D eigenvalue weighted by atomic mass is 16.5. The van der Waals surface area contributed by atoms with Crippen molar-refractivity contribution >= 4 is 5.78 Å². The Morgan fingerprint density at radius 3 is 2.76 bits per heavy atom. The monoisotopic (exact) mass is 233 g/mol. The summed E-state index contributed by atoms with van der Waals surface area (Å²) in [6, 6.07) is 5.57. The lowest BCUT2D eigenvalue weighted by Gasteiger charge is -2.11. The van der Waals surface area contributed by atoms with Crippen LogP contribution in [0.15, 0.2) is 18.2 Å². The molecule has 0 spiro atoms. The summed E-state index contributed by atoms with van der Waals surface area (Å²) in [5.41, 5.74) is 7.70. The predicted molar refractivity (Wildman–Crippen MR) is 67.4 cm³/mol. The molecule has 0 radical (unpaired) electrons. The van der Waals surface area contributed by atoms with Crippen LogP contribution in [0.3, 0.4) is 0 Å². The number of nitrogens with two attached hydrogens (primary N) is 1. The zero-order valence-corrected chi connectivity index (χ0v) is 10.4. The Labute approximate surface area is 102 Å². The quantitative estimate of drug-likeness (QED) is 0.794. The van der Waals surface area contributed by atoms with Crippen molar-refractivity contribution in [3.63, 3.8) is 0 Å². The van der Waals surface area contributed by atoms with Gasteiger partial charge in [-0.3, -0.25) is 4.79 Å². The number of hydrogen-bond acceptors (Lipinski definition) is 3. The normalized spacial score (nSPS) is 16.6. The van der Waals surface area contributed by atoms with Gasteiger partial charge < -0.3 is 10.5 Å². The van der Waals surface area contributed by atoms with Crippen molar-refractivity contribution in [3.8, 4) is 5.75 Å². The Bertz CT molecular complexity index is 424. The molecule has 3 nitrogen and oxygen atoms in total. The van der Waals surface area contributed by atoms with E-state index in [-0.39, 0.29) is 11.8 Å². The Morgan fingerprint density at radius 2 is 2.24 bits per heavy atom. The van der Waals surface area contributed by atoms with E-state index < -0.39 is 0 Å². The third-order valence-electron chi connectivity index (χ3n) is 3.38. The molecule has 0 aliphatic heterocycles. The molecule has 0 aromatic heterocycles. The number of ketones is 1. The molecule has 1 unspecified atom stereocenters. The molecule has 92 valence electrons. The highest BCUT2D eigenvalue weighted by molar-refractivity contribution is 5.98. The maximum Gasteiger partial charge on any atom is 0.164 e. The van der Waals surface area contributed by atoms with E-state index in [4.69, 9.17) is 10.5 Å². The Balaban J connectivity index is 2.07. The van der Waals surface area contributed by atoms with Crippen LogP contribution >= 0.6 is 0 Å². The highest BCUT2D eigenvalue weighted by Crippen LogP contribution is 2.33. The van der Waals surface area contributed by atoms with Crippen molar-refractivity contribution in [3.05, 3.63) is 29.3 Å². The van der Waals surface area contributed by atoms with E-state index in [9.17, 15) is 4.79 Å². The average Bonchev–Trinajstić information content (AvgIpc) is 3.12. The van der Waals surface area contributed by atoms with Crippen LogP contribution < -0.4 is 10.5 Å². The molecule has 3 heteroatoms. The van der Waals surface area contributed by atoms with Crippen molar-refractivity contribution in [2.24, 2.45) is 11.7 Å². The first-order chi connectivity index (χ1) is 8.11. The zero-order chi connectivity index (χ0) is 12.4. The van der Waals surface area contributed by atoms with Crippen molar-refractivity contribution in [2.75, 3.05) is 7.11 Å². The minimum absolute atomic E-state index is 0.0315. The van der Waals surface area contributed by atoms with Crippen LogP contribution in [0.1, 0.15) is 35.2 Å². The third-order valence-corrected chi connectivity index (χ3v) is 3.38. The molecule has 1 saturated carbocycles. The first-order valence-corrected chi connectivity index (χ1v) is 6.05. The highest BCUT2D eigenvalue weighted by Gasteiger charge is 2.30. The smallest absolute Gasteiger partial charge is 0.164 e. The molecule has 1 aromatic rings. The van der Waals surface area contributed by atoms with Gasteiger partial charge in [-0.2, -0.15) is 0 Å². The van der Waals surface area contributed by atoms with Gasteiger partial charge in [-0.1, -0.05) is 0 Å². The van der Waals surface area contributed by atoms with Gasteiger partial charge in [0, 0.05) is 18.0 Å². The first-order valence-electron chi connectivity index (χ1n) is 6.05. The van der Waals surface area contributed by atoms with E-state index in [1.165, 1.54) is 12.8 Å². The first kappa shape index (κ1) is 12.1. The van der Waals surface area contributed by atoms with Gasteiger partial charge in [-0.05, 0) is 49.4 Å². The molecule has 1 atom stereocenters. The lowest BCUT2D eigenvalue weighted by Crippen LogP contribution is -2.26. The molecular formula is C14H19NO2. The van der Waals surface area contributed by atoms with Crippen LogP contribution in [0, 0.1) is 12.8 Å². The van der Waals surface area contributed by atoms with Crippen LogP contribution in [0.4, 0.5) is 0 Å². The molecule has 1 fully saturated rings. The summed E-state index contributed by atoms with van der Waals surface area (Å²) in [5.74, 6) is 1.49. The van der Waals surface area contributed by atoms with Crippen molar-refractivity contribution in [1.82, 2.24) is 0 Å². The summed E-state index contributed by atoms with van der Waals surface area (Å²) in [5, 5.41) is 0. The van der Waals surface area contributed by atoms with Gasteiger partial charge in [-0.25, -0.2) is 0 Å². The largest absolute Gasteiger partial charge is 0.497 e. The minimum atomic E-state index is 0.0315. The second kappa shape index (κ2) is 4.88. The number of ether oxygens (including phenoxy) is 1. The Morgan fingerprint density at radius 1 is 1.53 bits per heavy atom. The topological polar surface area (TPSA) is 52.3 Å². The molecule has 1 aliphatic carbocycles. The van der Waals surface area contributed by atoms with E-state index in [0.29, 0.717) is 12.3 Å². The third kappa shape index (κ3) is 2.86. The Hall–Kier alpha value is -1.35. The maximum atomic E-state index is 12.1. The fourth-order valence-corrected chi connectivity index (χ4v) is 2.09. The summed E-state index contributed by atoms with van der Waals surface area (Å²) >= 11 is 0. The SMILES string of the molecule is COc1ccc(C(=O)CC(N)C2CC2)c(C)c1. The average molecular weight is 233 g/mol. The summed E-state index contributed by atoms with van der Waals surface area (Å²) in [6.07, 6.45) is 2.81. The van der Waals surface area contributed by atoms with Crippen LogP contribution in [0.5, 0.6) is 5.75 Å². The number of aryl methyl sites for hydroxylation is 1. The van der Waals surface area contributed by atoms with Crippen molar-refractivity contribution in [2.45, 2.75) is 32.2 Å². The number of rotatable bonds is 5. The molecular weight excluding hydrogens is 214 g/mol. The molecule has 0 heterocycles. The standard InChI is InChI=1S/C14H19NO2/c1-9-7-11(17-2)5-6-12(9)14(16)8-13(15)10-3-4-10/h5-7,10,13H,3-4,8,15H2,1-2H3.